The molecule has 1 unspecified atom stereocenters. The highest BCUT2D eigenvalue weighted by atomic mass is 16.5. The van der Waals surface area contributed by atoms with Crippen LogP contribution >= 0.6 is 0 Å². The first-order chi connectivity index (χ1) is 8.68. The number of hydrogen-bond donors (Lipinski definition) is 1. The van der Waals surface area contributed by atoms with Gasteiger partial charge in [-0.2, -0.15) is 0 Å². The number of nitrogens with one attached hydrogen (secondary N) is 1. The van der Waals surface area contributed by atoms with E-state index in [0.29, 0.717) is 18.6 Å². The first-order valence-electron chi connectivity index (χ1n) is 7.20. The van der Waals surface area contributed by atoms with E-state index < -0.39 is 0 Å². The van der Waals surface area contributed by atoms with Crippen LogP contribution in [0, 0.1) is 5.41 Å². The highest BCUT2D eigenvalue weighted by Gasteiger charge is 2.43. The van der Waals surface area contributed by atoms with Crippen LogP contribution in [0.4, 0.5) is 0 Å². The van der Waals surface area contributed by atoms with Gasteiger partial charge >= 0.3 is 0 Å². The Bertz CT molecular complexity index is 288. The zero-order valence-electron chi connectivity index (χ0n) is 11.7. The molecule has 1 heterocycles. The van der Waals surface area contributed by atoms with E-state index in [1.165, 1.54) is 12.8 Å². The smallest absolute Gasteiger partial charge is 0.228 e. The SMILES string of the molecule is COCCC1(C(=O)N2CCNC(C)C2)CCCC1. The van der Waals surface area contributed by atoms with Gasteiger partial charge in [-0.15, -0.1) is 0 Å². The summed E-state index contributed by atoms with van der Waals surface area (Å²) in [6.45, 7) is 5.49. The molecule has 2 rings (SSSR count). The van der Waals surface area contributed by atoms with Gasteiger partial charge in [0.2, 0.25) is 5.91 Å². The zero-order chi connectivity index (χ0) is 13.0. The molecule has 0 aromatic carbocycles. The van der Waals surface area contributed by atoms with Gasteiger partial charge in [0.15, 0.2) is 0 Å². The Morgan fingerprint density at radius 2 is 2.17 bits per heavy atom. The highest BCUT2D eigenvalue weighted by Crippen LogP contribution is 2.42. The molecule has 1 aliphatic heterocycles. The highest BCUT2D eigenvalue weighted by molar-refractivity contribution is 5.83. The first kappa shape index (κ1) is 13.8. The molecular formula is C14H26N2O2. The molecule has 18 heavy (non-hydrogen) atoms. The largest absolute Gasteiger partial charge is 0.385 e. The summed E-state index contributed by atoms with van der Waals surface area (Å²) in [7, 11) is 1.72. The molecule has 0 aromatic heterocycles. The lowest BCUT2D eigenvalue weighted by molar-refractivity contribution is -0.144. The predicted molar refractivity (Wildman–Crippen MR) is 71.4 cm³/mol. The summed E-state index contributed by atoms with van der Waals surface area (Å²) in [4.78, 5) is 14.9. The third-order valence-corrected chi connectivity index (χ3v) is 4.46. The predicted octanol–water partition coefficient (Wildman–Crippen LogP) is 1.40. The first-order valence-corrected chi connectivity index (χ1v) is 7.20. The molecule has 1 saturated carbocycles. The summed E-state index contributed by atoms with van der Waals surface area (Å²) >= 11 is 0. The molecule has 0 spiro atoms. The second kappa shape index (κ2) is 6.02. The molecule has 4 heteroatoms. The van der Waals surface area contributed by atoms with Crippen molar-refractivity contribution in [3.05, 3.63) is 0 Å². The van der Waals surface area contributed by atoms with Crippen molar-refractivity contribution in [3.63, 3.8) is 0 Å². The van der Waals surface area contributed by atoms with Crippen molar-refractivity contribution in [1.29, 1.82) is 0 Å². The van der Waals surface area contributed by atoms with Crippen LogP contribution in [-0.2, 0) is 9.53 Å². The number of hydrogen-bond acceptors (Lipinski definition) is 3. The van der Waals surface area contributed by atoms with Crippen LogP contribution in [0.5, 0.6) is 0 Å². The fourth-order valence-electron chi connectivity index (χ4n) is 3.37. The van der Waals surface area contributed by atoms with E-state index in [1.54, 1.807) is 7.11 Å². The van der Waals surface area contributed by atoms with Gasteiger partial charge in [-0.3, -0.25) is 4.79 Å². The molecule has 0 radical (unpaired) electrons. The molecule has 2 fully saturated rings. The molecule has 0 bridgehead atoms. The Hall–Kier alpha value is -0.610. The summed E-state index contributed by atoms with van der Waals surface area (Å²) in [5.41, 5.74) is -0.118. The maximum absolute atomic E-state index is 12.8. The van der Waals surface area contributed by atoms with Crippen molar-refractivity contribution >= 4 is 5.91 Å². The number of piperazine rings is 1. The van der Waals surface area contributed by atoms with Crippen LogP contribution in [0.25, 0.3) is 0 Å². The van der Waals surface area contributed by atoms with Crippen LogP contribution in [-0.4, -0.2) is 50.2 Å². The topological polar surface area (TPSA) is 41.6 Å². The van der Waals surface area contributed by atoms with E-state index in [4.69, 9.17) is 4.74 Å². The molecule has 1 saturated heterocycles. The van der Waals surface area contributed by atoms with Gasteiger partial charge in [0.05, 0.1) is 5.41 Å². The molecule has 1 N–H and O–H groups in total. The maximum Gasteiger partial charge on any atom is 0.228 e. The van der Waals surface area contributed by atoms with E-state index in [-0.39, 0.29) is 5.41 Å². The van der Waals surface area contributed by atoms with Crippen molar-refractivity contribution < 1.29 is 9.53 Å². The molecule has 0 aromatic rings. The summed E-state index contributed by atoms with van der Waals surface area (Å²) in [5, 5.41) is 3.39. The van der Waals surface area contributed by atoms with Gasteiger partial charge in [-0.05, 0) is 26.2 Å². The third kappa shape index (κ3) is 2.86. The molecule has 2 aliphatic rings. The van der Waals surface area contributed by atoms with Crippen molar-refractivity contribution in [2.75, 3.05) is 33.4 Å². The summed E-state index contributed by atoms with van der Waals surface area (Å²) in [6, 6.07) is 0.420. The molecule has 1 aliphatic carbocycles. The number of nitrogens with zero attached hydrogens (tertiary/aromatic N) is 1. The standard InChI is InChI=1S/C14H26N2O2/c1-12-11-16(9-8-15-12)13(17)14(7-10-18-2)5-3-4-6-14/h12,15H,3-11H2,1-2H3. The summed E-state index contributed by atoms with van der Waals surface area (Å²) in [5.74, 6) is 0.380. The van der Waals surface area contributed by atoms with Crippen molar-refractivity contribution in [3.8, 4) is 0 Å². The average Bonchev–Trinajstić information content (AvgIpc) is 2.85. The molecule has 104 valence electrons. The normalized spacial score (nSPS) is 27.4. The third-order valence-electron chi connectivity index (χ3n) is 4.46. The van der Waals surface area contributed by atoms with Crippen LogP contribution < -0.4 is 5.32 Å². The van der Waals surface area contributed by atoms with E-state index in [0.717, 1.165) is 38.9 Å². The Kier molecular flexibility index (Phi) is 4.62. The van der Waals surface area contributed by atoms with E-state index in [2.05, 4.69) is 17.1 Å². The lowest BCUT2D eigenvalue weighted by Gasteiger charge is -2.38. The van der Waals surface area contributed by atoms with Crippen LogP contribution in [0.2, 0.25) is 0 Å². The number of methoxy groups -OCH3 is 1. The fraction of sp³-hybridized carbons (Fsp3) is 0.929. The van der Waals surface area contributed by atoms with E-state index in [9.17, 15) is 4.79 Å². The maximum atomic E-state index is 12.8. The second-order valence-corrected chi connectivity index (χ2v) is 5.84. The fourth-order valence-corrected chi connectivity index (χ4v) is 3.37. The monoisotopic (exact) mass is 254 g/mol. The molecular weight excluding hydrogens is 228 g/mol. The number of amides is 1. The van der Waals surface area contributed by atoms with Gasteiger partial charge in [0.1, 0.15) is 0 Å². The Morgan fingerprint density at radius 1 is 1.44 bits per heavy atom. The van der Waals surface area contributed by atoms with Gasteiger partial charge in [0.25, 0.3) is 0 Å². The zero-order valence-corrected chi connectivity index (χ0v) is 11.7. The van der Waals surface area contributed by atoms with Crippen LogP contribution in [0.15, 0.2) is 0 Å². The summed E-state index contributed by atoms with van der Waals surface area (Å²) < 4.78 is 5.20. The lowest BCUT2D eigenvalue weighted by atomic mass is 9.81. The Morgan fingerprint density at radius 3 is 2.78 bits per heavy atom. The van der Waals surface area contributed by atoms with Crippen molar-refractivity contribution in [1.82, 2.24) is 10.2 Å². The Balaban J connectivity index is 2.03. The minimum absolute atomic E-state index is 0.118. The molecule has 4 nitrogen and oxygen atoms in total. The van der Waals surface area contributed by atoms with Gasteiger partial charge < -0.3 is 15.0 Å². The van der Waals surface area contributed by atoms with Gasteiger partial charge in [0, 0.05) is 39.4 Å². The Labute approximate surface area is 110 Å². The average molecular weight is 254 g/mol. The van der Waals surface area contributed by atoms with Crippen LogP contribution in [0.3, 0.4) is 0 Å². The van der Waals surface area contributed by atoms with Crippen LogP contribution in [0.1, 0.15) is 39.0 Å². The minimum Gasteiger partial charge on any atom is -0.385 e. The number of ether oxygens (including phenoxy) is 1. The second-order valence-electron chi connectivity index (χ2n) is 5.84. The number of carbonyl (C=O) groups excluding carboxylic acids is 1. The van der Waals surface area contributed by atoms with E-state index in [1.807, 2.05) is 0 Å². The van der Waals surface area contributed by atoms with Gasteiger partial charge in [-0.25, -0.2) is 0 Å². The quantitative estimate of drug-likeness (QED) is 0.824. The lowest BCUT2D eigenvalue weighted by Crippen LogP contribution is -2.55. The van der Waals surface area contributed by atoms with Gasteiger partial charge in [-0.1, -0.05) is 12.8 Å². The molecule has 1 amide bonds. The van der Waals surface area contributed by atoms with Crippen molar-refractivity contribution in [2.24, 2.45) is 5.41 Å². The number of rotatable bonds is 4. The molecule has 1 atom stereocenters. The summed E-state index contributed by atoms with van der Waals surface area (Å²) in [6.07, 6.45) is 5.37. The van der Waals surface area contributed by atoms with Crippen molar-refractivity contribution in [2.45, 2.75) is 45.1 Å². The van der Waals surface area contributed by atoms with E-state index >= 15 is 0 Å². The number of carbonyl (C=O) groups is 1. The minimum atomic E-state index is -0.118.